The van der Waals surface area contributed by atoms with Gasteiger partial charge in [-0.1, -0.05) is 6.07 Å². The van der Waals surface area contributed by atoms with Crippen molar-refractivity contribution in [3.8, 4) is 11.8 Å². The fourth-order valence-corrected chi connectivity index (χ4v) is 1.67. The summed E-state index contributed by atoms with van der Waals surface area (Å²) in [4.78, 5) is 20.8. The lowest BCUT2D eigenvalue weighted by atomic mass is 10.2. The van der Waals surface area contributed by atoms with E-state index in [1.165, 1.54) is 26.1 Å². The van der Waals surface area contributed by atoms with Crippen molar-refractivity contribution in [1.82, 2.24) is 9.71 Å². The molecule has 1 heterocycles. The predicted molar refractivity (Wildman–Crippen MR) is 68.9 cm³/mol. The van der Waals surface area contributed by atoms with E-state index in [0.29, 0.717) is 16.7 Å². The third kappa shape index (κ3) is 2.06. The Bertz CT molecular complexity index is 612. The van der Waals surface area contributed by atoms with Crippen molar-refractivity contribution in [2.45, 2.75) is 0 Å². The van der Waals surface area contributed by atoms with E-state index in [4.69, 9.17) is 14.3 Å². The summed E-state index contributed by atoms with van der Waals surface area (Å²) in [6.07, 6.45) is 0. The van der Waals surface area contributed by atoms with Crippen LogP contribution in [0.3, 0.4) is 0 Å². The molecule has 0 saturated heterocycles. The van der Waals surface area contributed by atoms with Crippen LogP contribution in [-0.4, -0.2) is 31.0 Å². The van der Waals surface area contributed by atoms with Crippen LogP contribution in [0.2, 0.25) is 0 Å². The number of fused-ring (bicyclic) bond motifs is 1. The van der Waals surface area contributed by atoms with Crippen LogP contribution in [0.15, 0.2) is 23.0 Å². The molecule has 0 amide bonds. The minimum atomic E-state index is -0.414. The molecular formula is C11H13ClN2O4. The number of halogens is 1. The second-order valence-corrected chi connectivity index (χ2v) is 3.24. The van der Waals surface area contributed by atoms with Gasteiger partial charge >= 0.3 is 6.01 Å². The lowest BCUT2D eigenvalue weighted by Crippen LogP contribution is -2.20. The molecule has 0 saturated carbocycles. The highest BCUT2D eigenvalue weighted by Crippen LogP contribution is 2.23. The van der Waals surface area contributed by atoms with Gasteiger partial charge in [0.05, 0.1) is 14.2 Å². The Hall–Kier alpha value is -1.95. The fourth-order valence-electron chi connectivity index (χ4n) is 1.67. The molecule has 2 rings (SSSR count). The molecule has 1 aromatic heterocycles. The van der Waals surface area contributed by atoms with E-state index < -0.39 is 5.56 Å². The Morgan fingerprint density at radius 3 is 2.44 bits per heavy atom. The summed E-state index contributed by atoms with van der Waals surface area (Å²) >= 11 is 0. The van der Waals surface area contributed by atoms with Gasteiger partial charge in [0.15, 0.2) is 0 Å². The molecule has 0 N–H and O–H groups in total. The number of benzene rings is 1. The van der Waals surface area contributed by atoms with Gasteiger partial charge in [-0.05, 0) is 12.1 Å². The molecule has 0 spiro atoms. The maximum Gasteiger partial charge on any atom is 0.334 e. The number of hydrogen-bond donors (Lipinski definition) is 0. The quantitative estimate of drug-likeness (QED) is 0.830. The molecule has 1 aromatic carbocycles. The molecular weight excluding hydrogens is 260 g/mol. The Balaban J connectivity index is 0.00000162. The SMILES string of the molecule is COc1cccc2c1c(=O)nc(OC)n2OC.Cl. The third-order valence-corrected chi connectivity index (χ3v) is 2.39. The summed E-state index contributed by atoms with van der Waals surface area (Å²) in [6.45, 7) is 0. The summed E-state index contributed by atoms with van der Waals surface area (Å²) in [6, 6.07) is 5.28. The van der Waals surface area contributed by atoms with Crippen molar-refractivity contribution in [3.05, 3.63) is 28.6 Å². The van der Waals surface area contributed by atoms with Gasteiger partial charge in [-0.15, -0.1) is 17.1 Å². The van der Waals surface area contributed by atoms with Gasteiger partial charge in [0.2, 0.25) is 0 Å². The van der Waals surface area contributed by atoms with Crippen LogP contribution in [0.25, 0.3) is 10.9 Å². The molecule has 0 aliphatic carbocycles. The number of methoxy groups -OCH3 is 2. The van der Waals surface area contributed by atoms with E-state index in [1.54, 1.807) is 18.2 Å². The zero-order chi connectivity index (χ0) is 12.4. The maximum absolute atomic E-state index is 11.9. The first-order valence-corrected chi connectivity index (χ1v) is 4.91. The average molecular weight is 273 g/mol. The first kappa shape index (κ1) is 14.1. The molecule has 0 unspecified atom stereocenters. The van der Waals surface area contributed by atoms with Crippen molar-refractivity contribution in [2.24, 2.45) is 0 Å². The molecule has 2 aromatic rings. The lowest BCUT2D eigenvalue weighted by molar-refractivity contribution is 0.141. The van der Waals surface area contributed by atoms with Gasteiger partial charge in [-0.25, -0.2) is 0 Å². The standard InChI is InChI=1S/C11H12N2O4.ClH/c1-15-8-6-4-5-7-9(8)10(14)12-11(16-2)13(7)17-3;/h4-6H,1-3H3;1H. The predicted octanol–water partition coefficient (Wildman–Crippen LogP) is 0.894. The number of ether oxygens (including phenoxy) is 2. The van der Waals surface area contributed by atoms with E-state index in [-0.39, 0.29) is 18.4 Å². The first-order valence-electron chi connectivity index (χ1n) is 4.91. The number of rotatable bonds is 3. The Morgan fingerprint density at radius 2 is 1.89 bits per heavy atom. The van der Waals surface area contributed by atoms with Gasteiger partial charge in [0.1, 0.15) is 23.8 Å². The lowest BCUT2D eigenvalue weighted by Gasteiger charge is -2.13. The molecule has 0 aliphatic rings. The summed E-state index contributed by atoms with van der Waals surface area (Å²) in [5.74, 6) is 0.452. The van der Waals surface area contributed by atoms with Crippen LogP contribution in [0.4, 0.5) is 0 Å². The zero-order valence-electron chi connectivity index (χ0n) is 10.2. The first-order chi connectivity index (χ1) is 8.22. The van der Waals surface area contributed by atoms with Crippen molar-refractivity contribution in [2.75, 3.05) is 21.3 Å². The largest absolute Gasteiger partial charge is 0.496 e. The molecule has 0 atom stereocenters. The van der Waals surface area contributed by atoms with Crippen molar-refractivity contribution in [1.29, 1.82) is 0 Å². The second-order valence-electron chi connectivity index (χ2n) is 3.24. The zero-order valence-corrected chi connectivity index (χ0v) is 11.0. The van der Waals surface area contributed by atoms with Crippen molar-refractivity contribution >= 4 is 23.3 Å². The highest BCUT2D eigenvalue weighted by molar-refractivity contribution is 5.85. The number of hydrogen-bond acceptors (Lipinski definition) is 5. The fraction of sp³-hybridized carbons (Fsp3) is 0.273. The van der Waals surface area contributed by atoms with Crippen molar-refractivity contribution in [3.63, 3.8) is 0 Å². The summed E-state index contributed by atoms with van der Waals surface area (Å²) < 4.78 is 11.4. The van der Waals surface area contributed by atoms with Crippen LogP contribution in [0.1, 0.15) is 0 Å². The van der Waals surface area contributed by atoms with Crippen LogP contribution < -0.4 is 19.9 Å². The summed E-state index contributed by atoms with van der Waals surface area (Å²) in [7, 11) is 4.38. The Labute approximate surface area is 109 Å². The van der Waals surface area contributed by atoms with Gasteiger partial charge in [-0.2, -0.15) is 4.98 Å². The highest BCUT2D eigenvalue weighted by atomic mass is 35.5. The van der Waals surface area contributed by atoms with Crippen LogP contribution in [0, 0.1) is 0 Å². The minimum absolute atomic E-state index is 0. The normalized spacial score (nSPS) is 9.72. The summed E-state index contributed by atoms with van der Waals surface area (Å²) in [5, 5.41) is 0.359. The van der Waals surface area contributed by atoms with Crippen LogP contribution in [0.5, 0.6) is 11.8 Å². The molecule has 0 radical (unpaired) electrons. The number of aromatic nitrogens is 2. The minimum Gasteiger partial charge on any atom is -0.496 e. The van der Waals surface area contributed by atoms with Crippen molar-refractivity contribution < 1.29 is 14.3 Å². The average Bonchev–Trinajstić information content (AvgIpc) is 2.37. The second kappa shape index (κ2) is 5.59. The molecule has 0 bridgehead atoms. The van der Waals surface area contributed by atoms with E-state index in [9.17, 15) is 4.79 Å². The van der Waals surface area contributed by atoms with E-state index >= 15 is 0 Å². The van der Waals surface area contributed by atoms with E-state index in [2.05, 4.69) is 4.98 Å². The smallest absolute Gasteiger partial charge is 0.334 e. The Morgan fingerprint density at radius 1 is 1.17 bits per heavy atom. The topological polar surface area (TPSA) is 62.6 Å². The molecule has 6 nitrogen and oxygen atoms in total. The molecule has 0 fully saturated rings. The third-order valence-electron chi connectivity index (χ3n) is 2.39. The monoisotopic (exact) mass is 272 g/mol. The Kier molecular flexibility index (Phi) is 4.38. The number of nitrogens with zero attached hydrogens (tertiary/aromatic N) is 2. The molecule has 98 valence electrons. The van der Waals surface area contributed by atoms with E-state index in [0.717, 1.165) is 0 Å². The van der Waals surface area contributed by atoms with Crippen LogP contribution >= 0.6 is 12.4 Å². The molecule has 7 heteroatoms. The van der Waals surface area contributed by atoms with Gasteiger partial charge < -0.3 is 14.3 Å². The van der Waals surface area contributed by atoms with Gasteiger partial charge in [0, 0.05) is 0 Å². The summed E-state index contributed by atoms with van der Waals surface area (Å²) in [5.41, 5.74) is 0.131. The van der Waals surface area contributed by atoms with Gasteiger partial charge in [-0.3, -0.25) is 4.79 Å². The van der Waals surface area contributed by atoms with Gasteiger partial charge in [0.25, 0.3) is 5.56 Å². The molecule has 18 heavy (non-hydrogen) atoms. The molecule has 0 aliphatic heterocycles. The van der Waals surface area contributed by atoms with E-state index in [1.807, 2.05) is 0 Å². The van der Waals surface area contributed by atoms with Crippen LogP contribution in [-0.2, 0) is 0 Å². The highest BCUT2D eigenvalue weighted by Gasteiger charge is 2.14. The maximum atomic E-state index is 11.9.